The van der Waals surface area contributed by atoms with Crippen LogP contribution in [0.2, 0.25) is 0 Å². The van der Waals surface area contributed by atoms with Gasteiger partial charge >= 0.3 is 6.18 Å². The number of aryl methyl sites for hydroxylation is 1. The number of nitrogen functional groups attached to an aromatic ring is 1. The molecule has 1 aromatic carbocycles. The average Bonchev–Trinajstić information content (AvgIpc) is 3.15. The van der Waals surface area contributed by atoms with Crippen molar-refractivity contribution in [1.29, 1.82) is 0 Å². The number of nitrogens with two attached hydrogens (primary N) is 1. The second-order valence-electron chi connectivity index (χ2n) is 7.69. The van der Waals surface area contributed by atoms with Crippen molar-refractivity contribution in [2.45, 2.75) is 44.3 Å². The second kappa shape index (κ2) is 7.70. The lowest BCUT2D eigenvalue weighted by Crippen LogP contribution is -2.31. The fourth-order valence-electron chi connectivity index (χ4n) is 4.10. The van der Waals surface area contributed by atoms with E-state index >= 15 is 0 Å². The summed E-state index contributed by atoms with van der Waals surface area (Å²) in [6, 6.07) is 3.83. The average molecular weight is 406 g/mol. The van der Waals surface area contributed by atoms with Crippen LogP contribution in [0.25, 0.3) is 0 Å². The summed E-state index contributed by atoms with van der Waals surface area (Å²) in [5.41, 5.74) is 7.31. The zero-order valence-electron chi connectivity index (χ0n) is 16.3. The van der Waals surface area contributed by atoms with Gasteiger partial charge in [0.2, 0.25) is 5.95 Å². The summed E-state index contributed by atoms with van der Waals surface area (Å²) in [5.74, 6) is 1.21. The number of benzene rings is 1. The minimum absolute atomic E-state index is 0.0388. The Morgan fingerprint density at radius 1 is 1.14 bits per heavy atom. The molecule has 0 bridgehead atoms. The summed E-state index contributed by atoms with van der Waals surface area (Å²) in [6.07, 6.45) is 0.505. The van der Waals surface area contributed by atoms with Gasteiger partial charge in [0.05, 0.1) is 11.3 Å². The van der Waals surface area contributed by atoms with Gasteiger partial charge in [-0.2, -0.15) is 18.2 Å². The molecule has 0 radical (unpaired) electrons. The maximum Gasteiger partial charge on any atom is 0.416 e. The highest BCUT2D eigenvalue weighted by Crippen LogP contribution is 2.35. The Bertz CT molecular complexity index is 899. The van der Waals surface area contributed by atoms with E-state index in [0.717, 1.165) is 68.8 Å². The third-order valence-electron chi connectivity index (χ3n) is 5.60. The molecule has 1 fully saturated rings. The zero-order chi connectivity index (χ0) is 20.6. The lowest BCUT2D eigenvalue weighted by molar-refractivity contribution is -0.137. The van der Waals surface area contributed by atoms with Crippen LogP contribution >= 0.6 is 0 Å². The number of nitrogens with one attached hydrogen (secondary N) is 2. The Hall–Kier alpha value is -2.55. The molecule has 1 unspecified atom stereocenters. The van der Waals surface area contributed by atoms with Crippen LogP contribution in [0.4, 0.5) is 36.3 Å². The second-order valence-corrected chi connectivity index (χ2v) is 7.69. The first-order chi connectivity index (χ1) is 13.8. The summed E-state index contributed by atoms with van der Waals surface area (Å²) in [7, 11) is 1.95. The molecule has 2 aromatic rings. The van der Waals surface area contributed by atoms with Gasteiger partial charge in [-0.05, 0) is 57.4 Å². The summed E-state index contributed by atoms with van der Waals surface area (Å²) >= 11 is 0. The molecule has 1 aliphatic carbocycles. The molecule has 1 saturated heterocycles. The Labute approximate surface area is 167 Å². The molecule has 1 aliphatic heterocycles. The van der Waals surface area contributed by atoms with Crippen molar-refractivity contribution in [3.63, 3.8) is 0 Å². The van der Waals surface area contributed by atoms with E-state index < -0.39 is 11.7 Å². The summed E-state index contributed by atoms with van der Waals surface area (Å²) < 4.78 is 39.4. The lowest BCUT2D eigenvalue weighted by atomic mass is 9.96. The highest BCUT2D eigenvalue weighted by atomic mass is 19.4. The van der Waals surface area contributed by atoms with Crippen molar-refractivity contribution in [3.8, 4) is 0 Å². The van der Waals surface area contributed by atoms with Gasteiger partial charge in [0.1, 0.15) is 5.82 Å². The maximum atomic E-state index is 13.1. The molecule has 6 nitrogen and oxygen atoms in total. The molecule has 0 spiro atoms. The first kappa shape index (κ1) is 19.8. The molecule has 4 N–H and O–H groups in total. The Balaban J connectivity index is 1.68. The molecule has 2 heterocycles. The van der Waals surface area contributed by atoms with Crippen molar-refractivity contribution >= 4 is 23.1 Å². The Kier molecular flexibility index (Phi) is 5.24. The molecule has 4 rings (SSSR count). The van der Waals surface area contributed by atoms with Gasteiger partial charge in [-0.1, -0.05) is 0 Å². The first-order valence-electron chi connectivity index (χ1n) is 9.90. The standard InChI is InChI=1S/C20H25F3N6/c1-25-14-6-7-29(11-14)18-16-4-2-3-5-17(16)27-19(28-18)26-15-9-12(20(21,22)23)8-13(24)10-15/h8-10,14,25H,2-7,11,24H2,1H3,(H,26,27,28). The maximum absolute atomic E-state index is 13.1. The van der Waals surface area contributed by atoms with Gasteiger partial charge in [-0.3, -0.25) is 0 Å². The zero-order valence-corrected chi connectivity index (χ0v) is 16.3. The number of hydrogen-bond acceptors (Lipinski definition) is 6. The van der Waals surface area contributed by atoms with Crippen molar-refractivity contribution in [3.05, 3.63) is 35.0 Å². The van der Waals surface area contributed by atoms with Gasteiger partial charge in [0.25, 0.3) is 0 Å². The summed E-state index contributed by atoms with van der Waals surface area (Å²) in [4.78, 5) is 11.6. The third kappa shape index (κ3) is 4.24. The normalized spacial score (nSPS) is 19.3. The number of fused-ring (bicyclic) bond motifs is 1. The number of anilines is 4. The van der Waals surface area contributed by atoms with Crippen LogP contribution in [-0.2, 0) is 19.0 Å². The summed E-state index contributed by atoms with van der Waals surface area (Å²) in [5, 5.41) is 6.26. The predicted molar refractivity (Wildman–Crippen MR) is 107 cm³/mol. The lowest BCUT2D eigenvalue weighted by Gasteiger charge is -2.25. The molecule has 1 aromatic heterocycles. The Morgan fingerprint density at radius 2 is 1.93 bits per heavy atom. The monoisotopic (exact) mass is 406 g/mol. The van der Waals surface area contributed by atoms with Crippen LogP contribution < -0.4 is 21.3 Å². The minimum atomic E-state index is -4.47. The van der Waals surface area contributed by atoms with Crippen LogP contribution in [0, 0.1) is 0 Å². The predicted octanol–water partition coefficient (Wildman–Crippen LogP) is 3.50. The number of nitrogens with zero attached hydrogens (tertiary/aromatic N) is 3. The van der Waals surface area contributed by atoms with E-state index in [0.29, 0.717) is 12.0 Å². The van der Waals surface area contributed by atoms with Gasteiger partial charge < -0.3 is 21.3 Å². The molecule has 156 valence electrons. The Morgan fingerprint density at radius 3 is 2.66 bits per heavy atom. The molecule has 29 heavy (non-hydrogen) atoms. The van der Waals surface area contributed by atoms with E-state index in [1.54, 1.807) is 0 Å². The van der Waals surface area contributed by atoms with E-state index in [4.69, 9.17) is 10.7 Å². The highest BCUT2D eigenvalue weighted by Gasteiger charge is 2.31. The molecule has 0 saturated carbocycles. The van der Waals surface area contributed by atoms with Crippen LogP contribution in [0.1, 0.15) is 36.1 Å². The van der Waals surface area contributed by atoms with E-state index in [2.05, 4.69) is 20.5 Å². The molecule has 2 aliphatic rings. The molecular weight excluding hydrogens is 381 g/mol. The highest BCUT2D eigenvalue weighted by molar-refractivity contribution is 5.64. The van der Waals surface area contributed by atoms with Gasteiger partial charge in [-0.15, -0.1) is 0 Å². The first-order valence-corrected chi connectivity index (χ1v) is 9.90. The number of alkyl halides is 3. The molecule has 9 heteroatoms. The fourth-order valence-corrected chi connectivity index (χ4v) is 4.10. The number of hydrogen-bond donors (Lipinski definition) is 3. The number of aromatic nitrogens is 2. The number of halogens is 3. The van der Waals surface area contributed by atoms with Crippen LogP contribution in [-0.4, -0.2) is 36.1 Å². The van der Waals surface area contributed by atoms with Crippen LogP contribution in [0.15, 0.2) is 18.2 Å². The van der Waals surface area contributed by atoms with Crippen molar-refractivity contribution in [2.24, 2.45) is 0 Å². The van der Waals surface area contributed by atoms with E-state index in [-0.39, 0.29) is 11.4 Å². The van der Waals surface area contributed by atoms with Gasteiger partial charge in [0.15, 0.2) is 0 Å². The van der Waals surface area contributed by atoms with Crippen LogP contribution in [0.3, 0.4) is 0 Å². The smallest absolute Gasteiger partial charge is 0.399 e. The van der Waals surface area contributed by atoms with Crippen molar-refractivity contribution in [1.82, 2.24) is 15.3 Å². The SMILES string of the molecule is CNC1CCN(c2nc(Nc3cc(N)cc(C(F)(F)F)c3)nc3c2CCCC3)C1. The van der Waals surface area contributed by atoms with E-state index in [9.17, 15) is 13.2 Å². The third-order valence-corrected chi connectivity index (χ3v) is 5.60. The molecule has 0 amide bonds. The van der Waals surface area contributed by atoms with Gasteiger partial charge in [-0.25, -0.2) is 4.98 Å². The summed E-state index contributed by atoms with van der Waals surface area (Å²) in [6.45, 7) is 1.75. The topological polar surface area (TPSA) is 79.1 Å². The van der Waals surface area contributed by atoms with Crippen molar-refractivity contribution in [2.75, 3.05) is 36.1 Å². The molecular formula is C20H25F3N6. The quantitative estimate of drug-likeness (QED) is 0.675. The molecule has 1 atom stereocenters. The van der Waals surface area contributed by atoms with E-state index in [1.165, 1.54) is 11.6 Å². The number of rotatable bonds is 4. The fraction of sp³-hybridized carbons (Fsp3) is 0.500. The van der Waals surface area contributed by atoms with E-state index in [1.807, 2.05) is 7.05 Å². The largest absolute Gasteiger partial charge is 0.416 e. The number of likely N-dealkylation sites (N-methyl/N-ethyl adjacent to an activating group) is 1. The van der Waals surface area contributed by atoms with Gasteiger partial charge in [0, 0.05) is 36.1 Å². The van der Waals surface area contributed by atoms with Crippen molar-refractivity contribution < 1.29 is 13.2 Å². The minimum Gasteiger partial charge on any atom is -0.399 e. The van der Waals surface area contributed by atoms with Crippen LogP contribution in [0.5, 0.6) is 0 Å².